The Morgan fingerprint density at radius 3 is 1.20 bits per heavy atom. The predicted molar refractivity (Wildman–Crippen MR) is 41.0 cm³/mol. The van der Waals surface area contributed by atoms with Crippen molar-refractivity contribution in [3.63, 3.8) is 0 Å². The molecule has 0 saturated heterocycles. The fourth-order valence-electron chi connectivity index (χ4n) is 0.156. The average Bonchev–Trinajstić information content (AvgIpc) is 1.59. The van der Waals surface area contributed by atoms with Crippen molar-refractivity contribution in [2.24, 2.45) is 5.73 Å². The fourth-order valence-corrected chi connectivity index (χ4v) is 4.08. The lowest BCUT2D eigenvalue weighted by Gasteiger charge is -2.12. The van der Waals surface area contributed by atoms with Gasteiger partial charge in [-0.2, -0.15) is 16.8 Å². The van der Waals surface area contributed by atoms with Crippen LogP contribution in [0.25, 0.3) is 0 Å². The zero-order chi connectivity index (χ0) is 8.58. The van der Waals surface area contributed by atoms with Gasteiger partial charge in [0, 0.05) is 0 Å². The lowest BCUT2D eigenvalue weighted by atomic mass is 11.5. The van der Waals surface area contributed by atoms with Crippen molar-refractivity contribution in [2.75, 3.05) is 0 Å². The third-order valence-electron chi connectivity index (χ3n) is 0.616. The van der Waals surface area contributed by atoms with Crippen LogP contribution in [0.2, 0.25) is 0 Å². The molecule has 0 rings (SSSR count). The summed E-state index contributed by atoms with van der Waals surface area (Å²) in [7, 11) is 0. The summed E-state index contributed by atoms with van der Waals surface area (Å²) in [4.78, 5) is 0. The van der Waals surface area contributed by atoms with Crippen LogP contribution in [0, 0.1) is 0 Å². The van der Waals surface area contributed by atoms with Gasteiger partial charge in [-0.3, -0.25) is 0 Å². The van der Waals surface area contributed by atoms with Crippen molar-refractivity contribution < 1.29 is 16.8 Å². The highest BCUT2D eigenvalue weighted by Crippen LogP contribution is 2.69. The molecule has 0 amide bonds. The first kappa shape index (κ1) is 11.0. The molecule has 0 aliphatic heterocycles. The summed E-state index contributed by atoms with van der Waals surface area (Å²) in [5, 5.41) is 0. The second kappa shape index (κ2) is 3.15. The monoisotopic (exact) mass is 231 g/mol. The molecular weight excluding hydrogens is 228 g/mol. The molecule has 0 aliphatic carbocycles. The minimum atomic E-state index is -5.07. The van der Waals surface area contributed by atoms with Crippen LogP contribution in [0.1, 0.15) is 0 Å². The lowest BCUT2D eigenvalue weighted by Crippen LogP contribution is -2.12. The van der Waals surface area contributed by atoms with Crippen molar-refractivity contribution in [3.05, 3.63) is 0 Å². The van der Waals surface area contributed by atoms with E-state index in [1.54, 1.807) is 0 Å². The Balaban J connectivity index is 4.56. The van der Waals surface area contributed by atoms with Crippen molar-refractivity contribution in [1.29, 1.82) is 0 Å². The van der Waals surface area contributed by atoms with E-state index in [2.05, 4.69) is 29.3 Å². The minimum absolute atomic E-state index is 2.55. The Labute approximate surface area is 65.5 Å². The largest absolute Gasteiger partial charge is 0.311 e. The number of rotatable bonds is 2. The molecule has 10 heavy (non-hydrogen) atoms. The van der Waals surface area contributed by atoms with E-state index in [9.17, 15) is 16.8 Å². The van der Waals surface area contributed by atoms with E-state index in [1.807, 2.05) is 0 Å². The van der Waals surface area contributed by atoms with Gasteiger partial charge in [-0.25, -0.2) is 0 Å². The lowest BCUT2D eigenvalue weighted by molar-refractivity contribution is 0.689. The summed E-state index contributed by atoms with van der Waals surface area (Å²) in [6.07, 6.45) is 0. The van der Waals surface area contributed by atoms with E-state index in [0.29, 0.717) is 0 Å². The molecule has 0 aliphatic rings. The maximum atomic E-state index is 11.9. The van der Waals surface area contributed by atoms with E-state index in [1.165, 1.54) is 0 Å². The molecule has 0 fully saturated rings. The maximum Gasteiger partial charge on any atom is 0.298 e. The van der Waals surface area contributed by atoms with Crippen LogP contribution >= 0.6 is 13.3 Å². The zero-order valence-corrected chi connectivity index (χ0v) is 7.80. The van der Waals surface area contributed by atoms with Crippen LogP contribution in [0.15, 0.2) is 0 Å². The van der Waals surface area contributed by atoms with Crippen molar-refractivity contribution in [3.8, 4) is 0 Å². The molecule has 1 nitrogen and oxygen atoms in total. The third-order valence-corrected chi connectivity index (χ3v) is 5.89. The van der Waals surface area contributed by atoms with Gasteiger partial charge in [-0.05, 0) is 23.6 Å². The highest BCUT2D eigenvalue weighted by molar-refractivity contribution is 8.19. The molecule has 0 heterocycles. The number of halogens is 4. The summed E-state index contributed by atoms with van der Waals surface area (Å²) in [5.74, 6) is 0. The molecule has 0 saturated carbocycles. The van der Waals surface area contributed by atoms with Gasteiger partial charge in [0.05, 0.1) is 0 Å². The summed E-state index contributed by atoms with van der Waals surface area (Å²) in [6, 6.07) is 0. The molecule has 0 unspecified atom stereocenters. The van der Waals surface area contributed by atoms with E-state index < -0.39 is 18.8 Å². The van der Waals surface area contributed by atoms with E-state index >= 15 is 0 Å². The van der Waals surface area contributed by atoms with Gasteiger partial charge in [0.1, 0.15) is 0 Å². The standard InChI is InChI=1S/CH3F4NP2S2/c2-7(3,9)1(6)8(4,5)10/h1H,6H2. The van der Waals surface area contributed by atoms with Crippen molar-refractivity contribution in [2.45, 2.75) is 5.52 Å². The first-order chi connectivity index (χ1) is 4.15. The summed E-state index contributed by atoms with van der Waals surface area (Å²) in [6.45, 7) is -10.1. The predicted octanol–water partition coefficient (Wildman–Crippen LogP) is 2.73. The highest BCUT2D eigenvalue weighted by Gasteiger charge is 2.38. The molecule has 2 N–H and O–H groups in total. The number of nitrogens with two attached hydrogens (primary N) is 1. The molecular formula is CH3F4NP2S2. The Morgan fingerprint density at radius 2 is 1.20 bits per heavy atom. The Hall–Kier alpha value is 0.980. The van der Waals surface area contributed by atoms with Crippen molar-refractivity contribution in [1.82, 2.24) is 0 Å². The van der Waals surface area contributed by atoms with Gasteiger partial charge in [-0.1, -0.05) is 0 Å². The topological polar surface area (TPSA) is 26.0 Å². The van der Waals surface area contributed by atoms with Crippen LogP contribution in [0.3, 0.4) is 0 Å². The maximum absolute atomic E-state index is 11.9. The summed E-state index contributed by atoms with van der Waals surface area (Å²) >= 11 is 6.98. The summed E-state index contributed by atoms with van der Waals surface area (Å²) < 4.78 is 47.6. The molecule has 9 heteroatoms. The highest BCUT2D eigenvalue weighted by atomic mass is 32.5. The molecule has 0 spiro atoms. The molecule has 0 bridgehead atoms. The molecule has 0 radical (unpaired) electrons. The first-order valence-electron chi connectivity index (χ1n) is 1.89. The van der Waals surface area contributed by atoms with E-state index in [-0.39, 0.29) is 0 Å². The van der Waals surface area contributed by atoms with Gasteiger partial charge in [0.2, 0.25) is 0 Å². The molecule has 0 aromatic rings. The van der Waals surface area contributed by atoms with Gasteiger partial charge < -0.3 is 5.73 Å². The molecule has 62 valence electrons. The average molecular weight is 231 g/mol. The molecule has 0 aromatic heterocycles. The van der Waals surface area contributed by atoms with E-state index in [4.69, 9.17) is 0 Å². The first-order valence-corrected chi connectivity index (χ1v) is 7.20. The Kier molecular flexibility index (Phi) is 3.46. The number of hydrogen-bond acceptors (Lipinski definition) is 3. The second-order valence-corrected chi connectivity index (χ2v) is 7.87. The van der Waals surface area contributed by atoms with Gasteiger partial charge in [0.25, 0.3) is 13.3 Å². The Bertz CT molecular complexity index is 183. The molecule has 0 atom stereocenters. The van der Waals surface area contributed by atoms with Crippen LogP contribution in [-0.4, -0.2) is 5.52 Å². The third kappa shape index (κ3) is 3.39. The van der Waals surface area contributed by atoms with Gasteiger partial charge in [-0.15, -0.1) is 0 Å². The summed E-state index contributed by atoms with van der Waals surface area (Å²) in [5.41, 5.74) is 1.87. The number of hydrogen-bond donors (Lipinski definition) is 1. The fraction of sp³-hybridized carbons (Fsp3) is 1.00. The second-order valence-electron chi connectivity index (χ2n) is 1.42. The van der Waals surface area contributed by atoms with Gasteiger partial charge in [0.15, 0.2) is 5.52 Å². The zero-order valence-electron chi connectivity index (χ0n) is 4.38. The van der Waals surface area contributed by atoms with Gasteiger partial charge >= 0.3 is 0 Å². The Morgan fingerprint density at radius 1 is 1.00 bits per heavy atom. The van der Waals surface area contributed by atoms with Crippen LogP contribution in [-0.2, 0) is 23.6 Å². The normalized spacial score (nSPS) is 14.2. The van der Waals surface area contributed by atoms with Crippen LogP contribution in [0.4, 0.5) is 16.8 Å². The molecule has 0 aromatic carbocycles. The minimum Gasteiger partial charge on any atom is -0.311 e. The van der Waals surface area contributed by atoms with Crippen molar-refractivity contribution >= 4 is 36.9 Å². The SMILES string of the molecule is NC(P(F)(F)=S)P(F)(F)=S. The quantitative estimate of drug-likeness (QED) is 0.584. The van der Waals surface area contributed by atoms with Crippen LogP contribution in [0.5, 0.6) is 0 Å². The smallest absolute Gasteiger partial charge is 0.298 e. The van der Waals surface area contributed by atoms with E-state index in [0.717, 1.165) is 0 Å². The van der Waals surface area contributed by atoms with Crippen LogP contribution < -0.4 is 5.73 Å².